The van der Waals surface area contributed by atoms with Crippen molar-refractivity contribution in [3.8, 4) is 45.3 Å². The molecule has 0 heterocycles. The summed E-state index contributed by atoms with van der Waals surface area (Å²) >= 11 is 0. The predicted molar refractivity (Wildman–Crippen MR) is 169 cm³/mol. The van der Waals surface area contributed by atoms with Crippen LogP contribution in [0.25, 0.3) is 27.8 Å². The van der Waals surface area contributed by atoms with Crippen molar-refractivity contribution in [2.45, 2.75) is 0 Å². The molecule has 0 atom stereocenters. The van der Waals surface area contributed by atoms with E-state index in [0.717, 1.165) is 50.5 Å². The fourth-order valence-electron chi connectivity index (χ4n) is 4.69. The zero-order valence-electron chi connectivity index (χ0n) is 24.0. The molecule has 5 rings (SSSR count). The second-order valence-electron chi connectivity index (χ2n) is 9.70. The van der Waals surface area contributed by atoms with Gasteiger partial charge in [0.2, 0.25) is 0 Å². The molecule has 216 valence electrons. The standard InChI is InChI=1S/C37H32O6/c1-40-34-7-3-5-30(23-34)26-9-13-28(14-10-26)36(21-22-42-32-17-19-33(20-18-32)43-25-37(38)39)29-15-11-27(12-16-29)31-6-4-8-35(24-31)41-2/h3-21,23-24H,22,25H2,1-2H3,(H,38,39). The van der Waals surface area contributed by atoms with E-state index in [9.17, 15) is 4.79 Å². The number of rotatable bonds is 12. The fourth-order valence-corrected chi connectivity index (χ4v) is 4.69. The van der Waals surface area contributed by atoms with Crippen molar-refractivity contribution in [3.05, 3.63) is 139 Å². The molecule has 0 saturated heterocycles. The van der Waals surface area contributed by atoms with Crippen LogP contribution in [-0.4, -0.2) is 38.5 Å². The summed E-state index contributed by atoms with van der Waals surface area (Å²) in [7, 11) is 3.34. The van der Waals surface area contributed by atoms with E-state index in [-0.39, 0.29) is 6.61 Å². The molecule has 6 heteroatoms. The Morgan fingerprint density at radius 1 is 0.581 bits per heavy atom. The van der Waals surface area contributed by atoms with Crippen LogP contribution in [0.3, 0.4) is 0 Å². The van der Waals surface area contributed by atoms with Crippen molar-refractivity contribution in [2.24, 2.45) is 0 Å². The smallest absolute Gasteiger partial charge is 0.341 e. The monoisotopic (exact) mass is 572 g/mol. The average Bonchev–Trinajstić information content (AvgIpc) is 3.06. The maximum atomic E-state index is 10.7. The first-order valence-electron chi connectivity index (χ1n) is 13.8. The lowest BCUT2D eigenvalue weighted by Crippen LogP contribution is -2.09. The molecule has 6 nitrogen and oxygen atoms in total. The second kappa shape index (κ2) is 13.9. The maximum Gasteiger partial charge on any atom is 0.341 e. The number of ether oxygens (including phenoxy) is 4. The lowest BCUT2D eigenvalue weighted by Gasteiger charge is -2.13. The van der Waals surface area contributed by atoms with Crippen LogP contribution in [0.5, 0.6) is 23.0 Å². The molecule has 0 aliphatic carbocycles. The number of hydrogen-bond acceptors (Lipinski definition) is 5. The highest BCUT2D eigenvalue weighted by molar-refractivity contribution is 5.82. The van der Waals surface area contributed by atoms with Gasteiger partial charge < -0.3 is 24.1 Å². The molecule has 0 bridgehead atoms. The van der Waals surface area contributed by atoms with Crippen molar-refractivity contribution in [3.63, 3.8) is 0 Å². The molecular weight excluding hydrogens is 540 g/mol. The Morgan fingerprint density at radius 3 is 1.49 bits per heavy atom. The molecular formula is C37H32O6. The number of carbonyl (C=O) groups is 1. The van der Waals surface area contributed by atoms with Crippen molar-refractivity contribution in [1.29, 1.82) is 0 Å². The third-order valence-electron chi connectivity index (χ3n) is 6.92. The molecule has 0 radical (unpaired) electrons. The number of aliphatic carboxylic acids is 1. The molecule has 43 heavy (non-hydrogen) atoms. The van der Waals surface area contributed by atoms with Crippen LogP contribution in [0.4, 0.5) is 0 Å². The Labute approximate surface area is 251 Å². The lowest BCUT2D eigenvalue weighted by atomic mass is 9.94. The highest BCUT2D eigenvalue weighted by Crippen LogP contribution is 2.31. The van der Waals surface area contributed by atoms with Gasteiger partial charge in [-0.25, -0.2) is 4.79 Å². The van der Waals surface area contributed by atoms with Crippen LogP contribution in [0, 0.1) is 0 Å². The van der Waals surface area contributed by atoms with Crippen LogP contribution < -0.4 is 18.9 Å². The van der Waals surface area contributed by atoms with E-state index >= 15 is 0 Å². The summed E-state index contributed by atoms with van der Waals surface area (Å²) in [6.45, 7) is -0.0561. The summed E-state index contributed by atoms with van der Waals surface area (Å²) in [6, 6.07) is 39.8. The van der Waals surface area contributed by atoms with Gasteiger partial charge >= 0.3 is 5.97 Å². The molecule has 0 spiro atoms. The van der Waals surface area contributed by atoms with Gasteiger partial charge in [0.05, 0.1) is 14.2 Å². The average molecular weight is 573 g/mol. The van der Waals surface area contributed by atoms with Crippen LogP contribution in [0.1, 0.15) is 11.1 Å². The van der Waals surface area contributed by atoms with Gasteiger partial charge in [-0.05, 0) is 93.6 Å². The predicted octanol–water partition coefficient (Wildman–Crippen LogP) is 8.01. The topological polar surface area (TPSA) is 74.2 Å². The van der Waals surface area contributed by atoms with E-state index in [1.807, 2.05) is 36.4 Å². The van der Waals surface area contributed by atoms with Gasteiger partial charge in [0.1, 0.15) is 29.6 Å². The summed E-state index contributed by atoms with van der Waals surface area (Å²) in [5.74, 6) is 1.73. The van der Waals surface area contributed by atoms with E-state index in [2.05, 4.69) is 66.7 Å². The van der Waals surface area contributed by atoms with Crippen LogP contribution in [-0.2, 0) is 4.79 Å². The minimum Gasteiger partial charge on any atom is -0.497 e. The number of methoxy groups -OCH3 is 2. The normalized spacial score (nSPS) is 10.5. The first kappa shape index (κ1) is 29.0. The van der Waals surface area contributed by atoms with Crippen molar-refractivity contribution in [1.82, 2.24) is 0 Å². The van der Waals surface area contributed by atoms with Crippen LogP contribution in [0.15, 0.2) is 127 Å². The van der Waals surface area contributed by atoms with Gasteiger partial charge in [-0.3, -0.25) is 0 Å². The number of carboxylic acids is 1. The Bertz CT molecular complexity index is 1590. The van der Waals surface area contributed by atoms with Gasteiger partial charge in [-0.1, -0.05) is 72.8 Å². The Morgan fingerprint density at radius 2 is 1.05 bits per heavy atom. The molecule has 5 aromatic rings. The molecule has 0 aliphatic heterocycles. The first-order chi connectivity index (χ1) is 21.0. The maximum absolute atomic E-state index is 10.7. The first-order valence-corrected chi connectivity index (χ1v) is 13.8. The van der Waals surface area contributed by atoms with Gasteiger partial charge in [0, 0.05) is 0 Å². The number of hydrogen-bond donors (Lipinski definition) is 1. The summed E-state index contributed by atoms with van der Waals surface area (Å²) in [6.07, 6.45) is 2.07. The van der Waals surface area contributed by atoms with Crippen LogP contribution >= 0.6 is 0 Å². The molecule has 0 aliphatic rings. The largest absolute Gasteiger partial charge is 0.497 e. The van der Waals surface area contributed by atoms with Crippen LogP contribution in [0.2, 0.25) is 0 Å². The minimum atomic E-state index is -1.02. The van der Waals surface area contributed by atoms with E-state index in [1.54, 1.807) is 38.5 Å². The number of benzene rings is 5. The van der Waals surface area contributed by atoms with Gasteiger partial charge in [0.15, 0.2) is 6.61 Å². The highest BCUT2D eigenvalue weighted by atomic mass is 16.5. The Kier molecular flexibility index (Phi) is 9.39. The van der Waals surface area contributed by atoms with Gasteiger partial charge in [-0.15, -0.1) is 0 Å². The van der Waals surface area contributed by atoms with E-state index < -0.39 is 5.97 Å². The molecule has 0 aromatic heterocycles. The zero-order chi connectivity index (χ0) is 30.0. The highest BCUT2D eigenvalue weighted by Gasteiger charge is 2.09. The molecule has 1 N–H and O–H groups in total. The zero-order valence-corrected chi connectivity index (χ0v) is 24.0. The minimum absolute atomic E-state index is 0.333. The Balaban J connectivity index is 1.40. The molecule has 0 saturated carbocycles. The quantitative estimate of drug-likeness (QED) is 0.163. The second-order valence-corrected chi connectivity index (χ2v) is 9.70. The van der Waals surface area contributed by atoms with E-state index in [0.29, 0.717) is 18.1 Å². The van der Waals surface area contributed by atoms with E-state index in [4.69, 9.17) is 24.1 Å². The molecule has 0 unspecified atom stereocenters. The molecule has 0 amide bonds. The van der Waals surface area contributed by atoms with Gasteiger partial charge in [-0.2, -0.15) is 0 Å². The van der Waals surface area contributed by atoms with Crippen molar-refractivity contribution in [2.75, 3.05) is 27.4 Å². The summed E-state index contributed by atoms with van der Waals surface area (Å²) in [4.78, 5) is 10.7. The third kappa shape index (κ3) is 7.63. The Hall–Kier alpha value is -5.49. The lowest BCUT2D eigenvalue weighted by molar-refractivity contribution is -0.139. The SMILES string of the molecule is COc1cccc(-c2ccc(C(=CCOc3ccc(OCC(=O)O)cc3)c3ccc(-c4cccc(OC)c4)cc3)cc2)c1. The summed E-state index contributed by atoms with van der Waals surface area (Å²) in [5.41, 5.74) is 7.50. The summed E-state index contributed by atoms with van der Waals surface area (Å²) < 4.78 is 22.0. The fraction of sp³-hybridized carbons (Fsp3) is 0.108. The molecule has 0 fully saturated rings. The van der Waals surface area contributed by atoms with Gasteiger partial charge in [0.25, 0.3) is 0 Å². The molecule has 5 aromatic carbocycles. The van der Waals surface area contributed by atoms with E-state index in [1.165, 1.54) is 0 Å². The summed E-state index contributed by atoms with van der Waals surface area (Å²) in [5, 5.41) is 8.81. The number of carboxylic acid groups (broad SMARTS) is 1. The third-order valence-corrected chi connectivity index (χ3v) is 6.92. The van der Waals surface area contributed by atoms with Crippen molar-refractivity contribution >= 4 is 11.5 Å². The van der Waals surface area contributed by atoms with Crippen molar-refractivity contribution < 1.29 is 28.8 Å².